The molecule has 2 rings (SSSR count). The predicted octanol–water partition coefficient (Wildman–Crippen LogP) is 3.02. The van der Waals surface area contributed by atoms with Crippen LogP contribution in [0, 0.1) is 17.6 Å². The van der Waals surface area contributed by atoms with E-state index in [-0.39, 0.29) is 6.04 Å². The molecule has 0 heterocycles. The van der Waals surface area contributed by atoms with Crippen molar-refractivity contribution < 1.29 is 8.78 Å². The second-order valence-electron chi connectivity index (χ2n) is 4.63. The summed E-state index contributed by atoms with van der Waals surface area (Å²) in [4.78, 5) is 0. The Labute approximate surface area is 94.7 Å². The van der Waals surface area contributed by atoms with Crippen LogP contribution >= 0.6 is 0 Å². The lowest BCUT2D eigenvalue weighted by molar-refractivity contribution is 0.418. The summed E-state index contributed by atoms with van der Waals surface area (Å²) < 4.78 is 26.4. The van der Waals surface area contributed by atoms with Crippen molar-refractivity contribution in [1.29, 1.82) is 0 Å². The molecular weight excluding hydrogens is 208 g/mol. The Hall–Kier alpha value is -0.960. The van der Waals surface area contributed by atoms with Crippen molar-refractivity contribution in [3.63, 3.8) is 0 Å². The molecule has 16 heavy (non-hydrogen) atoms. The van der Waals surface area contributed by atoms with Gasteiger partial charge in [0, 0.05) is 6.04 Å². The third-order valence-electron chi connectivity index (χ3n) is 3.49. The van der Waals surface area contributed by atoms with Gasteiger partial charge in [0.1, 0.15) is 0 Å². The van der Waals surface area contributed by atoms with Crippen molar-refractivity contribution >= 4 is 0 Å². The lowest BCUT2D eigenvalue weighted by Gasteiger charge is -2.19. The van der Waals surface area contributed by atoms with Gasteiger partial charge in [-0.1, -0.05) is 25.0 Å². The molecular formula is C13H17F2N. The quantitative estimate of drug-likeness (QED) is 0.840. The Balaban J connectivity index is 2.05. The van der Waals surface area contributed by atoms with Gasteiger partial charge in [0.05, 0.1) is 0 Å². The van der Waals surface area contributed by atoms with Crippen LogP contribution in [0.5, 0.6) is 0 Å². The zero-order valence-corrected chi connectivity index (χ0v) is 9.26. The molecule has 1 aromatic rings. The van der Waals surface area contributed by atoms with Crippen molar-refractivity contribution in [3.8, 4) is 0 Å². The molecule has 1 nitrogen and oxygen atoms in total. The van der Waals surface area contributed by atoms with Gasteiger partial charge < -0.3 is 5.73 Å². The smallest absolute Gasteiger partial charge is 0.162 e. The highest BCUT2D eigenvalue weighted by Gasteiger charge is 2.23. The summed E-state index contributed by atoms with van der Waals surface area (Å²) in [6.45, 7) is 0. The van der Waals surface area contributed by atoms with E-state index < -0.39 is 11.6 Å². The number of hydrogen-bond acceptors (Lipinski definition) is 1. The second kappa shape index (κ2) is 4.91. The third-order valence-corrected chi connectivity index (χ3v) is 3.49. The van der Waals surface area contributed by atoms with Crippen molar-refractivity contribution in [3.05, 3.63) is 35.4 Å². The van der Waals surface area contributed by atoms with E-state index in [2.05, 4.69) is 0 Å². The first-order valence-corrected chi connectivity index (χ1v) is 5.87. The van der Waals surface area contributed by atoms with Gasteiger partial charge >= 0.3 is 0 Å². The SMILES string of the molecule is NC(Cc1cccc(F)c1F)C1CCCC1. The summed E-state index contributed by atoms with van der Waals surface area (Å²) in [5.41, 5.74) is 6.44. The van der Waals surface area contributed by atoms with E-state index in [1.54, 1.807) is 6.07 Å². The molecule has 1 saturated carbocycles. The molecule has 0 aliphatic heterocycles. The predicted molar refractivity (Wildman–Crippen MR) is 60.0 cm³/mol. The molecule has 0 radical (unpaired) electrons. The van der Waals surface area contributed by atoms with Crippen LogP contribution in [0.3, 0.4) is 0 Å². The molecule has 3 heteroatoms. The van der Waals surface area contributed by atoms with Gasteiger partial charge in [-0.15, -0.1) is 0 Å². The molecule has 0 saturated heterocycles. The summed E-state index contributed by atoms with van der Waals surface area (Å²) in [5.74, 6) is -1.05. The number of halogens is 2. The molecule has 1 aromatic carbocycles. The number of hydrogen-bond donors (Lipinski definition) is 1. The molecule has 0 spiro atoms. The van der Waals surface area contributed by atoms with E-state index in [1.807, 2.05) is 0 Å². The lowest BCUT2D eigenvalue weighted by atomic mass is 9.93. The summed E-state index contributed by atoms with van der Waals surface area (Å²) in [7, 11) is 0. The van der Waals surface area contributed by atoms with Crippen LogP contribution in [0.2, 0.25) is 0 Å². The van der Waals surface area contributed by atoms with Crippen LogP contribution in [0.4, 0.5) is 8.78 Å². The summed E-state index contributed by atoms with van der Waals surface area (Å²) in [6, 6.07) is 4.25. The highest BCUT2D eigenvalue weighted by Crippen LogP contribution is 2.28. The Kier molecular flexibility index (Phi) is 3.54. The number of benzene rings is 1. The Bertz CT molecular complexity index is 359. The van der Waals surface area contributed by atoms with E-state index in [4.69, 9.17) is 5.73 Å². The van der Waals surface area contributed by atoms with Crippen molar-refractivity contribution in [2.45, 2.75) is 38.1 Å². The van der Waals surface area contributed by atoms with Gasteiger partial charge in [0.2, 0.25) is 0 Å². The molecule has 1 aliphatic rings. The van der Waals surface area contributed by atoms with E-state index >= 15 is 0 Å². The van der Waals surface area contributed by atoms with Gasteiger partial charge in [-0.05, 0) is 36.8 Å². The van der Waals surface area contributed by atoms with E-state index in [0.29, 0.717) is 17.9 Å². The van der Waals surface area contributed by atoms with Crippen molar-refractivity contribution in [1.82, 2.24) is 0 Å². The molecule has 88 valence electrons. The average Bonchev–Trinajstić information content (AvgIpc) is 2.78. The Morgan fingerprint density at radius 2 is 1.94 bits per heavy atom. The van der Waals surface area contributed by atoms with Crippen molar-refractivity contribution in [2.75, 3.05) is 0 Å². The molecule has 1 unspecified atom stereocenters. The van der Waals surface area contributed by atoms with E-state index in [0.717, 1.165) is 18.9 Å². The van der Waals surface area contributed by atoms with Crippen LogP contribution < -0.4 is 5.73 Å². The van der Waals surface area contributed by atoms with E-state index in [1.165, 1.54) is 18.9 Å². The summed E-state index contributed by atoms with van der Waals surface area (Å²) >= 11 is 0. The van der Waals surface area contributed by atoms with Crippen LogP contribution in [0.25, 0.3) is 0 Å². The zero-order valence-electron chi connectivity index (χ0n) is 9.26. The highest BCUT2D eigenvalue weighted by molar-refractivity contribution is 5.20. The van der Waals surface area contributed by atoms with Crippen LogP contribution in [0.15, 0.2) is 18.2 Å². The molecule has 1 fully saturated rings. The maximum atomic E-state index is 13.4. The minimum Gasteiger partial charge on any atom is -0.327 e. The van der Waals surface area contributed by atoms with Crippen LogP contribution in [-0.2, 0) is 6.42 Å². The normalized spacial score (nSPS) is 18.9. The van der Waals surface area contributed by atoms with E-state index in [9.17, 15) is 8.78 Å². The van der Waals surface area contributed by atoms with Crippen molar-refractivity contribution in [2.24, 2.45) is 11.7 Å². The second-order valence-corrected chi connectivity index (χ2v) is 4.63. The number of rotatable bonds is 3. The fourth-order valence-electron chi connectivity index (χ4n) is 2.51. The third kappa shape index (κ3) is 2.40. The Morgan fingerprint density at radius 3 is 2.62 bits per heavy atom. The first-order chi connectivity index (χ1) is 7.68. The molecule has 0 amide bonds. The van der Waals surface area contributed by atoms with Gasteiger partial charge in [-0.3, -0.25) is 0 Å². The largest absolute Gasteiger partial charge is 0.327 e. The van der Waals surface area contributed by atoms with Gasteiger partial charge in [0.25, 0.3) is 0 Å². The molecule has 2 N–H and O–H groups in total. The van der Waals surface area contributed by atoms with Gasteiger partial charge in [-0.2, -0.15) is 0 Å². The highest BCUT2D eigenvalue weighted by atomic mass is 19.2. The summed E-state index contributed by atoms with van der Waals surface area (Å²) in [6.07, 6.45) is 5.11. The fraction of sp³-hybridized carbons (Fsp3) is 0.538. The topological polar surface area (TPSA) is 26.0 Å². The van der Waals surface area contributed by atoms with Crippen LogP contribution in [0.1, 0.15) is 31.2 Å². The minimum atomic E-state index is -0.781. The fourth-order valence-corrected chi connectivity index (χ4v) is 2.51. The molecule has 1 atom stereocenters. The average molecular weight is 225 g/mol. The van der Waals surface area contributed by atoms with Crippen LogP contribution in [-0.4, -0.2) is 6.04 Å². The molecule has 0 bridgehead atoms. The number of nitrogens with two attached hydrogens (primary N) is 1. The standard InChI is InChI=1S/C13H17F2N/c14-11-7-3-6-10(13(11)15)8-12(16)9-4-1-2-5-9/h3,6-7,9,12H,1-2,4-5,8,16H2. The minimum absolute atomic E-state index is 0.0428. The first-order valence-electron chi connectivity index (χ1n) is 5.87. The maximum Gasteiger partial charge on any atom is 0.162 e. The zero-order chi connectivity index (χ0) is 11.5. The van der Waals surface area contributed by atoms with Gasteiger partial charge in [-0.25, -0.2) is 8.78 Å². The van der Waals surface area contributed by atoms with Gasteiger partial charge in [0.15, 0.2) is 11.6 Å². The molecule has 1 aliphatic carbocycles. The monoisotopic (exact) mass is 225 g/mol. The molecule has 0 aromatic heterocycles. The first kappa shape index (κ1) is 11.5. The summed E-state index contributed by atoms with van der Waals surface area (Å²) in [5, 5.41) is 0. The Morgan fingerprint density at radius 1 is 1.25 bits per heavy atom. The lowest BCUT2D eigenvalue weighted by Crippen LogP contribution is -2.31. The maximum absolute atomic E-state index is 13.4.